The Morgan fingerprint density at radius 1 is 0.957 bits per heavy atom. The molecule has 3 N–H and O–H groups in total. The zero-order chi connectivity index (χ0) is 17.1. The summed E-state index contributed by atoms with van der Waals surface area (Å²) in [5.41, 5.74) is 6.03. The Kier molecular flexibility index (Phi) is 4.62. The molecular formula is C13H12F5N5. The summed E-state index contributed by atoms with van der Waals surface area (Å²) in [7, 11) is 0. The standard InChI is InChI=1S/C13H12F5N5/c14-12(15,13(16,17)18)7-6-9-21-10(19)23-11(22-9)20-8-4-2-1-3-5-8/h1-5H,6-7H2,(H3,19,20,21,22,23). The quantitative estimate of drug-likeness (QED) is 0.821. The van der Waals surface area contributed by atoms with Crippen LogP contribution in [0.4, 0.5) is 39.5 Å². The van der Waals surface area contributed by atoms with Gasteiger partial charge in [-0.3, -0.25) is 0 Å². The molecule has 1 aromatic heterocycles. The van der Waals surface area contributed by atoms with E-state index in [4.69, 9.17) is 5.73 Å². The van der Waals surface area contributed by atoms with Crippen LogP contribution in [-0.4, -0.2) is 27.1 Å². The molecule has 0 radical (unpaired) electrons. The van der Waals surface area contributed by atoms with Crippen LogP contribution in [0.2, 0.25) is 0 Å². The van der Waals surface area contributed by atoms with Crippen molar-refractivity contribution < 1.29 is 22.0 Å². The molecule has 0 spiro atoms. The van der Waals surface area contributed by atoms with Crippen LogP contribution in [0.5, 0.6) is 0 Å². The molecule has 0 saturated carbocycles. The van der Waals surface area contributed by atoms with Crippen molar-refractivity contribution in [2.75, 3.05) is 11.1 Å². The van der Waals surface area contributed by atoms with Crippen LogP contribution >= 0.6 is 0 Å². The molecule has 23 heavy (non-hydrogen) atoms. The van der Waals surface area contributed by atoms with Gasteiger partial charge in [0.15, 0.2) is 0 Å². The Morgan fingerprint density at radius 2 is 1.61 bits per heavy atom. The highest BCUT2D eigenvalue weighted by molar-refractivity contribution is 5.53. The van der Waals surface area contributed by atoms with Crippen molar-refractivity contribution in [3.05, 3.63) is 36.2 Å². The zero-order valence-electron chi connectivity index (χ0n) is 11.6. The zero-order valence-corrected chi connectivity index (χ0v) is 11.6. The molecule has 0 aliphatic carbocycles. The minimum atomic E-state index is -5.61. The smallest absolute Gasteiger partial charge is 0.368 e. The molecule has 0 bridgehead atoms. The molecule has 0 atom stereocenters. The van der Waals surface area contributed by atoms with Gasteiger partial charge in [0.2, 0.25) is 11.9 Å². The Labute approximate surface area is 127 Å². The van der Waals surface area contributed by atoms with E-state index in [-0.39, 0.29) is 17.7 Å². The minimum Gasteiger partial charge on any atom is -0.368 e. The topological polar surface area (TPSA) is 76.7 Å². The lowest BCUT2D eigenvalue weighted by Crippen LogP contribution is -2.36. The summed E-state index contributed by atoms with van der Waals surface area (Å²) in [6.07, 6.45) is -7.77. The van der Waals surface area contributed by atoms with Gasteiger partial charge in [0.1, 0.15) is 5.82 Å². The van der Waals surface area contributed by atoms with Gasteiger partial charge >= 0.3 is 12.1 Å². The number of nitrogens with two attached hydrogens (primary N) is 1. The van der Waals surface area contributed by atoms with Crippen molar-refractivity contribution >= 4 is 17.6 Å². The minimum absolute atomic E-state index is 0.0333. The molecule has 124 valence electrons. The predicted molar refractivity (Wildman–Crippen MR) is 73.3 cm³/mol. The number of nitrogens with one attached hydrogen (secondary N) is 1. The molecule has 0 saturated heterocycles. The second-order valence-electron chi connectivity index (χ2n) is 4.63. The fourth-order valence-corrected chi connectivity index (χ4v) is 1.67. The molecular weight excluding hydrogens is 321 g/mol. The first-order valence-corrected chi connectivity index (χ1v) is 6.44. The maximum atomic E-state index is 12.9. The van der Waals surface area contributed by atoms with Gasteiger partial charge in [-0.2, -0.15) is 36.9 Å². The average molecular weight is 333 g/mol. The molecule has 5 nitrogen and oxygen atoms in total. The highest BCUT2D eigenvalue weighted by Gasteiger charge is 2.56. The van der Waals surface area contributed by atoms with Gasteiger partial charge in [0.25, 0.3) is 0 Å². The number of nitrogen functional groups attached to an aromatic ring is 1. The number of anilines is 3. The van der Waals surface area contributed by atoms with Crippen molar-refractivity contribution in [1.82, 2.24) is 15.0 Å². The third kappa shape index (κ3) is 4.47. The summed E-state index contributed by atoms with van der Waals surface area (Å²) in [4.78, 5) is 11.1. The Hall–Kier alpha value is -2.52. The van der Waals surface area contributed by atoms with Crippen molar-refractivity contribution in [3.8, 4) is 0 Å². The average Bonchev–Trinajstić information content (AvgIpc) is 2.44. The van der Waals surface area contributed by atoms with E-state index >= 15 is 0 Å². The van der Waals surface area contributed by atoms with Crippen LogP contribution < -0.4 is 11.1 Å². The summed E-state index contributed by atoms with van der Waals surface area (Å²) in [6, 6.07) is 8.63. The van der Waals surface area contributed by atoms with Crippen molar-refractivity contribution in [2.45, 2.75) is 24.9 Å². The summed E-state index contributed by atoms with van der Waals surface area (Å²) in [6.45, 7) is 0. The molecule has 0 aliphatic rings. The van der Waals surface area contributed by atoms with E-state index < -0.39 is 24.9 Å². The summed E-state index contributed by atoms with van der Waals surface area (Å²) < 4.78 is 62.3. The molecule has 2 rings (SSSR count). The molecule has 10 heteroatoms. The lowest BCUT2D eigenvalue weighted by molar-refractivity contribution is -0.284. The number of rotatable bonds is 5. The molecule has 0 unspecified atom stereocenters. The lowest BCUT2D eigenvalue weighted by Gasteiger charge is -2.18. The van der Waals surface area contributed by atoms with Gasteiger partial charge < -0.3 is 11.1 Å². The highest BCUT2D eigenvalue weighted by atomic mass is 19.4. The first-order chi connectivity index (χ1) is 10.7. The Bertz CT molecular complexity index is 660. The summed E-state index contributed by atoms with van der Waals surface area (Å²) in [5.74, 6) is -5.38. The van der Waals surface area contributed by atoms with Crippen LogP contribution in [0.25, 0.3) is 0 Å². The number of nitrogens with zero attached hydrogens (tertiary/aromatic N) is 3. The van der Waals surface area contributed by atoms with E-state index in [1.807, 2.05) is 0 Å². The SMILES string of the molecule is Nc1nc(CCC(F)(F)C(F)(F)F)nc(Nc2ccccc2)n1. The van der Waals surface area contributed by atoms with Crippen LogP contribution in [0.15, 0.2) is 30.3 Å². The number of hydrogen-bond donors (Lipinski definition) is 2. The van der Waals surface area contributed by atoms with E-state index in [0.29, 0.717) is 5.69 Å². The first-order valence-electron chi connectivity index (χ1n) is 6.44. The molecule has 0 fully saturated rings. The monoisotopic (exact) mass is 333 g/mol. The number of para-hydroxylation sites is 1. The molecule has 0 amide bonds. The Morgan fingerprint density at radius 3 is 2.22 bits per heavy atom. The fraction of sp³-hybridized carbons (Fsp3) is 0.308. The fourth-order valence-electron chi connectivity index (χ4n) is 1.67. The van der Waals surface area contributed by atoms with E-state index in [9.17, 15) is 22.0 Å². The van der Waals surface area contributed by atoms with E-state index in [0.717, 1.165) is 0 Å². The van der Waals surface area contributed by atoms with Crippen molar-refractivity contribution in [3.63, 3.8) is 0 Å². The number of benzene rings is 1. The number of aromatic nitrogens is 3. The van der Waals surface area contributed by atoms with Gasteiger partial charge in [-0.15, -0.1) is 0 Å². The highest BCUT2D eigenvalue weighted by Crippen LogP contribution is 2.38. The van der Waals surface area contributed by atoms with E-state index in [1.54, 1.807) is 30.3 Å². The maximum absolute atomic E-state index is 12.9. The van der Waals surface area contributed by atoms with Gasteiger partial charge in [-0.25, -0.2) is 0 Å². The van der Waals surface area contributed by atoms with E-state index in [2.05, 4.69) is 20.3 Å². The predicted octanol–water partition coefficient (Wildman–Crippen LogP) is 3.33. The van der Waals surface area contributed by atoms with Crippen LogP contribution in [0, 0.1) is 0 Å². The van der Waals surface area contributed by atoms with Crippen molar-refractivity contribution in [2.24, 2.45) is 0 Å². The third-order valence-corrected chi connectivity index (χ3v) is 2.81. The first kappa shape index (κ1) is 16.8. The van der Waals surface area contributed by atoms with E-state index in [1.165, 1.54) is 0 Å². The molecule has 1 aromatic carbocycles. The van der Waals surface area contributed by atoms with Gasteiger partial charge in [0.05, 0.1) is 0 Å². The summed E-state index contributed by atoms with van der Waals surface area (Å²) >= 11 is 0. The molecule has 0 aliphatic heterocycles. The number of halogens is 5. The second-order valence-corrected chi connectivity index (χ2v) is 4.63. The maximum Gasteiger partial charge on any atom is 0.453 e. The number of hydrogen-bond acceptors (Lipinski definition) is 5. The second kappa shape index (κ2) is 6.31. The Balaban J connectivity index is 2.12. The van der Waals surface area contributed by atoms with Crippen LogP contribution in [0.3, 0.4) is 0 Å². The van der Waals surface area contributed by atoms with Gasteiger partial charge in [0, 0.05) is 18.5 Å². The molecule has 2 aromatic rings. The van der Waals surface area contributed by atoms with Gasteiger partial charge in [-0.05, 0) is 12.1 Å². The number of alkyl halides is 5. The van der Waals surface area contributed by atoms with Crippen molar-refractivity contribution in [1.29, 1.82) is 0 Å². The normalized spacial score (nSPS) is 12.2. The number of aryl methyl sites for hydroxylation is 1. The van der Waals surface area contributed by atoms with Crippen LogP contribution in [0.1, 0.15) is 12.2 Å². The van der Waals surface area contributed by atoms with Crippen LogP contribution in [-0.2, 0) is 6.42 Å². The largest absolute Gasteiger partial charge is 0.453 e. The molecule has 1 heterocycles. The summed E-state index contributed by atoms with van der Waals surface area (Å²) in [5, 5.41) is 2.76. The third-order valence-electron chi connectivity index (χ3n) is 2.81. The van der Waals surface area contributed by atoms with Gasteiger partial charge in [-0.1, -0.05) is 18.2 Å². The lowest BCUT2D eigenvalue weighted by atomic mass is 10.1.